The third kappa shape index (κ3) is 3.33. The summed E-state index contributed by atoms with van der Waals surface area (Å²) in [5.74, 6) is 0.748. The Morgan fingerprint density at radius 3 is 2.42 bits per heavy atom. The zero-order valence-electron chi connectivity index (χ0n) is 13.9. The molecule has 0 aromatic heterocycles. The van der Waals surface area contributed by atoms with Crippen molar-refractivity contribution in [2.45, 2.75) is 84.8 Å². The highest BCUT2D eigenvalue weighted by Gasteiger charge is 2.42. The number of hydrogen-bond donors (Lipinski definition) is 1. The summed E-state index contributed by atoms with van der Waals surface area (Å²) in [5.41, 5.74) is 0.873. The Morgan fingerprint density at radius 2 is 1.95 bits per heavy atom. The Morgan fingerprint density at radius 1 is 1.26 bits per heavy atom. The summed E-state index contributed by atoms with van der Waals surface area (Å²) in [4.78, 5) is 2.86. The van der Waals surface area contributed by atoms with E-state index in [9.17, 15) is 0 Å². The van der Waals surface area contributed by atoms with Crippen LogP contribution in [0.25, 0.3) is 0 Å². The molecule has 3 unspecified atom stereocenters. The van der Waals surface area contributed by atoms with Gasteiger partial charge >= 0.3 is 0 Å². The van der Waals surface area contributed by atoms with E-state index >= 15 is 0 Å². The van der Waals surface area contributed by atoms with Crippen LogP contribution in [0.3, 0.4) is 0 Å². The van der Waals surface area contributed by atoms with Crippen LogP contribution in [0.2, 0.25) is 0 Å². The van der Waals surface area contributed by atoms with E-state index in [-0.39, 0.29) is 0 Å². The van der Waals surface area contributed by atoms with Crippen LogP contribution in [0, 0.1) is 11.3 Å². The van der Waals surface area contributed by atoms with Crippen LogP contribution in [-0.2, 0) is 0 Å². The summed E-state index contributed by atoms with van der Waals surface area (Å²) < 4.78 is 0. The van der Waals surface area contributed by atoms with Crippen molar-refractivity contribution in [1.82, 2.24) is 10.2 Å². The molecular weight excluding hydrogens is 232 g/mol. The first-order chi connectivity index (χ1) is 8.76. The highest BCUT2D eigenvalue weighted by Crippen LogP contribution is 2.41. The molecule has 0 aromatic carbocycles. The maximum Gasteiger partial charge on any atom is 0.0278 e. The second-order valence-electron chi connectivity index (χ2n) is 8.34. The number of nitrogens with one attached hydrogen (secondary N) is 1. The van der Waals surface area contributed by atoms with Gasteiger partial charge in [-0.05, 0) is 43.9 Å². The molecule has 2 fully saturated rings. The number of nitrogens with zero attached hydrogens (tertiary/aromatic N) is 1. The van der Waals surface area contributed by atoms with Gasteiger partial charge in [0.25, 0.3) is 0 Å². The van der Waals surface area contributed by atoms with Gasteiger partial charge in [-0.3, -0.25) is 4.90 Å². The second-order valence-corrected chi connectivity index (χ2v) is 8.34. The highest BCUT2D eigenvalue weighted by molar-refractivity contribution is 5.00. The zero-order valence-corrected chi connectivity index (χ0v) is 13.9. The minimum absolute atomic E-state index is 0.318. The fourth-order valence-corrected chi connectivity index (χ4v) is 3.98. The van der Waals surface area contributed by atoms with Gasteiger partial charge in [-0.25, -0.2) is 0 Å². The third-order valence-electron chi connectivity index (χ3n) is 5.66. The largest absolute Gasteiger partial charge is 0.309 e. The number of rotatable bonds is 3. The van der Waals surface area contributed by atoms with E-state index in [2.05, 4.69) is 51.8 Å². The highest BCUT2D eigenvalue weighted by atomic mass is 15.3. The Labute approximate surface area is 120 Å². The van der Waals surface area contributed by atoms with E-state index in [0.717, 1.165) is 18.0 Å². The van der Waals surface area contributed by atoms with E-state index in [1.54, 1.807) is 0 Å². The lowest BCUT2D eigenvalue weighted by Crippen LogP contribution is -2.65. The van der Waals surface area contributed by atoms with E-state index in [1.807, 2.05) is 0 Å². The molecule has 0 bridgehead atoms. The number of piperazine rings is 1. The predicted molar refractivity (Wildman–Crippen MR) is 83.5 cm³/mol. The summed E-state index contributed by atoms with van der Waals surface area (Å²) in [6.45, 7) is 16.8. The standard InChI is InChI=1S/C17H34N2/c1-7-17(6)12-19(15(11-18-17)13(2)3)14-8-9-16(4,5)10-14/h13-15,18H,7-12H2,1-6H3. The first-order valence-electron chi connectivity index (χ1n) is 8.27. The van der Waals surface area contributed by atoms with Crippen LogP contribution in [-0.4, -0.2) is 35.6 Å². The summed E-state index contributed by atoms with van der Waals surface area (Å²) in [5, 5.41) is 3.81. The average molecular weight is 266 g/mol. The first-order valence-corrected chi connectivity index (χ1v) is 8.27. The molecule has 1 aliphatic carbocycles. The van der Waals surface area contributed by atoms with Gasteiger partial charge in [0.2, 0.25) is 0 Å². The molecule has 0 aromatic rings. The molecule has 2 nitrogen and oxygen atoms in total. The molecule has 0 amide bonds. The molecule has 19 heavy (non-hydrogen) atoms. The Balaban J connectivity index is 2.12. The Bertz CT molecular complexity index is 310. The zero-order chi connectivity index (χ0) is 14.3. The smallest absolute Gasteiger partial charge is 0.0278 e. The van der Waals surface area contributed by atoms with Gasteiger partial charge in [-0.2, -0.15) is 0 Å². The summed E-state index contributed by atoms with van der Waals surface area (Å²) in [6.07, 6.45) is 5.41. The molecule has 0 radical (unpaired) electrons. The average Bonchev–Trinajstić information content (AvgIpc) is 2.69. The van der Waals surface area contributed by atoms with Gasteiger partial charge in [-0.1, -0.05) is 34.6 Å². The SMILES string of the molecule is CCC1(C)CN(C2CCC(C)(C)C2)C(C(C)C)CN1. The molecule has 1 N–H and O–H groups in total. The predicted octanol–water partition coefficient (Wildman–Crippen LogP) is 3.66. The van der Waals surface area contributed by atoms with Gasteiger partial charge in [0.15, 0.2) is 0 Å². The quantitative estimate of drug-likeness (QED) is 0.838. The maximum atomic E-state index is 3.81. The van der Waals surface area contributed by atoms with Gasteiger partial charge in [-0.15, -0.1) is 0 Å². The lowest BCUT2D eigenvalue weighted by molar-refractivity contribution is 0.0233. The van der Waals surface area contributed by atoms with E-state index in [4.69, 9.17) is 0 Å². The molecule has 112 valence electrons. The maximum absolute atomic E-state index is 3.81. The Kier molecular flexibility index (Phi) is 4.32. The second kappa shape index (κ2) is 5.37. The summed E-state index contributed by atoms with van der Waals surface area (Å²) >= 11 is 0. The van der Waals surface area contributed by atoms with Crippen molar-refractivity contribution in [2.24, 2.45) is 11.3 Å². The van der Waals surface area contributed by atoms with Gasteiger partial charge < -0.3 is 5.32 Å². The van der Waals surface area contributed by atoms with Crippen LogP contribution < -0.4 is 5.32 Å². The lowest BCUT2D eigenvalue weighted by Gasteiger charge is -2.50. The normalized spacial score (nSPS) is 39.9. The fraction of sp³-hybridized carbons (Fsp3) is 1.00. The van der Waals surface area contributed by atoms with Crippen molar-refractivity contribution < 1.29 is 0 Å². The van der Waals surface area contributed by atoms with Crippen molar-refractivity contribution in [3.63, 3.8) is 0 Å². The van der Waals surface area contributed by atoms with Crippen molar-refractivity contribution in [3.05, 3.63) is 0 Å². The summed E-state index contributed by atoms with van der Waals surface area (Å²) in [6, 6.07) is 1.54. The fourth-order valence-electron chi connectivity index (χ4n) is 3.98. The first kappa shape index (κ1) is 15.3. The minimum atomic E-state index is 0.318. The van der Waals surface area contributed by atoms with E-state index < -0.39 is 0 Å². The molecule has 2 rings (SSSR count). The molecule has 0 spiro atoms. The van der Waals surface area contributed by atoms with Gasteiger partial charge in [0.1, 0.15) is 0 Å². The van der Waals surface area contributed by atoms with Crippen LogP contribution in [0.5, 0.6) is 0 Å². The van der Waals surface area contributed by atoms with Gasteiger partial charge in [0.05, 0.1) is 0 Å². The van der Waals surface area contributed by atoms with Crippen molar-refractivity contribution >= 4 is 0 Å². The van der Waals surface area contributed by atoms with Crippen LogP contribution in [0.4, 0.5) is 0 Å². The third-order valence-corrected chi connectivity index (χ3v) is 5.66. The monoisotopic (exact) mass is 266 g/mol. The molecule has 2 heteroatoms. The summed E-state index contributed by atoms with van der Waals surface area (Å²) in [7, 11) is 0. The molecule has 1 saturated carbocycles. The van der Waals surface area contributed by atoms with E-state index in [1.165, 1.54) is 38.8 Å². The molecule has 3 atom stereocenters. The van der Waals surface area contributed by atoms with Crippen molar-refractivity contribution in [1.29, 1.82) is 0 Å². The molecular formula is C17H34N2. The Hall–Kier alpha value is -0.0800. The molecule has 1 saturated heterocycles. The van der Waals surface area contributed by atoms with Gasteiger partial charge in [0, 0.05) is 30.7 Å². The van der Waals surface area contributed by atoms with Crippen LogP contribution in [0.15, 0.2) is 0 Å². The molecule has 1 heterocycles. The topological polar surface area (TPSA) is 15.3 Å². The molecule has 1 aliphatic heterocycles. The van der Waals surface area contributed by atoms with Crippen LogP contribution >= 0.6 is 0 Å². The number of hydrogen-bond acceptors (Lipinski definition) is 2. The lowest BCUT2D eigenvalue weighted by atomic mass is 9.87. The van der Waals surface area contributed by atoms with E-state index in [0.29, 0.717) is 11.0 Å². The molecule has 2 aliphatic rings. The van der Waals surface area contributed by atoms with Crippen molar-refractivity contribution in [3.8, 4) is 0 Å². The van der Waals surface area contributed by atoms with Crippen LogP contribution in [0.1, 0.15) is 67.2 Å². The van der Waals surface area contributed by atoms with Crippen molar-refractivity contribution in [2.75, 3.05) is 13.1 Å². The minimum Gasteiger partial charge on any atom is -0.309 e.